The molecule has 1 aliphatic heterocycles. The lowest BCUT2D eigenvalue weighted by Gasteiger charge is -2.31. The van der Waals surface area contributed by atoms with Gasteiger partial charge in [0, 0.05) is 26.7 Å². The Labute approximate surface area is 156 Å². The van der Waals surface area contributed by atoms with Crippen LogP contribution < -0.4 is 9.47 Å². The summed E-state index contributed by atoms with van der Waals surface area (Å²) in [6.07, 6.45) is 3.49. The molecule has 0 radical (unpaired) electrons. The number of methoxy groups -OCH3 is 2. The van der Waals surface area contributed by atoms with E-state index in [0.29, 0.717) is 38.1 Å². The highest BCUT2D eigenvalue weighted by Gasteiger charge is 2.33. The summed E-state index contributed by atoms with van der Waals surface area (Å²) in [5.41, 5.74) is 1.28. The van der Waals surface area contributed by atoms with E-state index in [9.17, 15) is 4.79 Å². The SMILES string of the molecule is COc1ccc(C(CCN(C)C(=O)N2CCOCC2)C2CC2)cc1OC. The van der Waals surface area contributed by atoms with Crippen LogP contribution in [0, 0.1) is 5.92 Å². The number of ether oxygens (including phenoxy) is 3. The van der Waals surface area contributed by atoms with Crippen molar-refractivity contribution < 1.29 is 19.0 Å². The molecule has 6 nitrogen and oxygen atoms in total. The number of benzene rings is 1. The summed E-state index contributed by atoms with van der Waals surface area (Å²) in [7, 11) is 5.22. The molecule has 1 saturated carbocycles. The van der Waals surface area contributed by atoms with Gasteiger partial charge in [-0.25, -0.2) is 4.79 Å². The molecule has 2 fully saturated rings. The third-order valence-electron chi connectivity index (χ3n) is 5.41. The second-order valence-electron chi connectivity index (χ2n) is 7.15. The van der Waals surface area contributed by atoms with E-state index >= 15 is 0 Å². The van der Waals surface area contributed by atoms with Crippen LogP contribution >= 0.6 is 0 Å². The minimum atomic E-state index is 0.107. The average Bonchev–Trinajstić information content (AvgIpc) is 3.53. The second-order valence-corrected chi connectivity index (χ2v) is 7.15. The van der Waals surface area contributed by atoms with Gasteiger partial charge in [0.05, 0.1) is 27.4 Å². The van der Waals surface area contributed by atoms with Crippen molar-refractivity contribution in [3.05, 3.63) is 23.8 Å². The molecule has 0 bridgehead atoms. The first-order chi connectivity index (χ1) is 12.6. The molecular formula is C20H30N2O4. The Hall–Kier alpha value is -1.95. The zero-order valence-corrected chi connectivity index (χ0v) is 16.1. The first-order valence-corrected chi connectivity index (χ1v) is 9.43. The van der Waals surface area contributed by atoms with Gasteiger partial charge in [0.25, 0.3) is 0 Å². The molecule has 0 N–H and O–H groups in total. The second kappa shape index (κ2) is 8.62. The predicted octanol–water partition coefficient (Wildman–Crippen LogP) is 2.97. The van der Waals surface area contributed by atoms with Gasteiger partial charge < -0.3 is 24.0 Å². The maximum absolute atomic E-state index is 12.6. The number of hydrogen-bond donors (Lipinski definition) is 0. The zero-order valence-electron chi connectivity index (χ0n) is 16.1. The Morgan fingerprint density at radius 2 is 1.92 bits per heavy atom. The molecule has 1 unspecified atom stereocenters. The van der Waals surface area contributed by atoms with Crippen molar-refractivity contribution in [3.8, 4) is 11.5 Å². The van der Waals surface area contributed by atoms with Crippen molar-refractivity contribution in [2.24, 2.45) is 5.92 Å². The average molecular weight is 362 g/mol. The lowest BCUT2D eigenvalue weighted by molar-refractivity contribution is 0.0451. The predicted molar refractivity (Wildman–Crippen MR) is 100 cm³/mol. The van der Waals surface area contributed by atoms with E-state index in [1.165, 1.54) is 18.4 Å². The van der Waals surface area contributed by atoms with Gasteiger partial charge >= 0.3 is 6.03 Å². The summed E-state index contributed by atoms with van der Waals surface area (Å²) >= 11 is 0. The first-order valence-electron chi connectivity index (χ1n) is 9.43. The van der Waals surface area contributed by atoms with Crippen molar-refractivity contribution in [1.82, 2.24) is 9.80 Å². The molecule has 1 atom stereocenters. The Morgan fingerprint density at radius 1 is 1.23 bits per heavy atom. The van der Waals surface area contributed by atoms with E-state index in [1.807, 2.05) is 22.9 Å². The summed E-state index contributed by atoms with van der Waals surface area (Å²) in [5.74, 6) is 2.69. The molecular weight excluding hydrogens is 332 g/mol. The van der Waals surface area contributed by atoms with Gasteiger partial charge in [0.1, 0.15) is 0 Å². The van der Waals surface area contributed by atoms with Crippen LogP contribution in [0.5, 0.6) is 11.5 Å². The van der Waals surface area contributed by atoms with Crippen LogP contribution in [0.4, 0.5) is 4.79 Å². The number of rotatable bonds is 7. The highest BCUT2D eigenvalue weighted by atomic mass is 16.5. The third-order valence-corrected chi connectivity index (χ3v) is 5.41. The van der Waals surface area contributed by atoms with E-state index in [-0.39, 0.29) is 6.03 Å². The lowest BCUT2D eigenvalue weighted by Crippen LogP contribution is -2.47. The molecule has 0 aromatic heterocycles. The molecule has 1 aromatic rings. The summed E-state index contributed by atoms with van der Waals surface area (Å²) in [4.78, 5) is 16.3. The summed E-state index contributed by atoms with van der Waals surface area (Å²) in [6.45, 7) is 3.40. The highest BCUT2D eigenvalue weighted by Crippen LogP contribution is 2.46. The minimum absolute atomic E-state index is 0.107. The van der Waals surface area contributed by atoms with Crippen molar-refractivity contribution in [2.75, 3.05) is 54.1 Å². The van der Waals surface area contributed by atoms with E-state index in [4.69, 9.17) is 14.2 Å². The Kier molecular flexibility index (Phi) is 6.25. The summed E-state index contributed by atoms with van der Waals surface area (Å²) < 4.78 is 16.1. The molecule has 3 rings (SSSR count). The maximum atomic E-state index is 12.6. The van der Waals surface area contributed by atoms with Gasteiger partial charge in [-0.1, -0.05) is 6.07 Å². The number of carbonyl (C=O) groups excluding carboxylic acids is 1. The van der Waals surface area contributed by atoms with Crippen LogP contribution in [-0.4, -0.2) is 69.9 Å². The largest absolute Gasteiger partial charge is 0.493 e. The van der Waals surface area contributed by atoms with Crippen LogP contribution in [0.3, 0.4) is 0 Å². The van der Waals surface area contributed by atoms with Crippen molar-refractivity contribution in [2.45, 2.75) is 25.2 Å². The van der Waals surface area contributed by atoms with Gasteiger partial charge in [-0.2, -0.15) is 0 Å². The normalized spacial score (nSPS) is 18.3. The molecule has 0 spiro atoms. The third kappa shape index (κ3) is 4.41. The van der Waals surface area contributed by atoms with Crippen LogP contribution in [-0.2, 0) is 4.74 Å². The Balaban J connectivity index is 1.63. The Bertz CT molecular complexity index is 612. The van der Waals surface area contributed by atoms with E-state index < -0.39 is 0 Å². The van der Waals surface area contributed by atoms with E-state index in [1.54, 1.807) is 14.2 Å². The molecule has 1 heterocycles. The topological polar surface area (TPSA) is 51.2 Å². The number of carbonyl (C=O) groups is 1. The molecule has 1 aromatic carbocycles. The molecule has 26 heavy (non-hydrogen) atoms. The van der Waals surface area contributed by atoms with Crippen LogP contribution in [0.2, 0.25) is 0 Å². The number of urea groups is 1. The molecule has 2 aliphatic rings. The van der Waals surface area contributed by atoms with Gasteiger partial charge in [-0.15, -0.1) is 0 Å². The summed E-state index contributed by atoms with van der Waals surface area (Å²) in [5, 5.41) is 0. The number of nitrogens with zero attached hydrogens (tertiary/aromatic N) is 2. The fourth-order valence-electron chi connectivity index (χ4n) is 3.68. The number of morpholine rings is 1. The molecule has 1 aliphatic carbocycles. The van der Waals surface area contributed by atoms with E-state index in [2.05, 4.69) is 12.1 Å². The summed E-state index contributed by atoms with van der Waals surface area (Å²) in [6, 6.07) is 6.31. The molecule has 144 valence electrons. The Morgan fingerprint density at radius 3 is 2.54 bits per heavy atom. The number of amides is 2. The molecule has 2 amide bonds. The van der Waals surface area contributed by atoms with Crippen molar-refractivity contribution in [3.63, 3.8) is 0 Å². The van der Waals surface area contributed by atoms with Gasteiger partial charge in [-0.3, -0.25) is 0 Å². The fourth-order valence-corrected chi connectivity index (χ4v) is 3.68. The zero-order chi connectivity index (χ0) is 18.5. The first kappa shape index (κ1) is 18.8. The maximum Gasteiger partial charge on any atom is 0.319 e. The smallest absolute Gasteiger partial charge is 0.319 e. The van der Waals surface area contributed by atoms with Crippen molar-refractivity contribution >= 4 is 6.03 Å². The monoisotopic (exact) mass is 362 g/mol. The van der Waals surface area contributed by atoms with E-state index in [0.717, 1.165) is 24.5 Å². The minimum Gasteiger partial charge on any atom is -0.493 e. The van der Waals surface area contributed by atoms with Crippen LogP contribution in [0.25, 0.3) is 0 Å². The van der Waals surface area contributed by atoms with Crippen LogP contribution in [0.15, 0.2) is 18.2 Å². The highest BCUT2D eigenvalue weighted by molar-refractivity contribution is 5.74. The quantitative estimate of drug-likeness (QED) is 0.748. The van der Waals surface area contributed by atoms with Gasteiger partial charge in [0.15, 0.2) is 11.5 Å². The van der Waals surface area contributed by atoms with Gasteiger partial charge in [0.2, 0.25) is 0 Å². The van der Waals surface area contributed by atoms with Crippen molar-refractivity contribution in [1.29, 1.82) is 0 Å². The van der Waals surface area contributed by atoms with Crippen LogP contribution in [0.1, 0.15) is 30.7 Å². The standard InChI is InChI=1S/C20H30N2O4/c1-21(20(23)22-10-12-26-13-11-22)9-8-17(15-4-5-15)16-6-7-18(24-2)19(14-16)25-3/h6-7,14-15,17H,4-5,8-13H2,1-3H3. The van der Waals surface area contributed by atoms with Gasteiger partial charge in [-0.05, 0) is 48.8 Å². The molecule has 1 saturated heterocycles. The lowest BCUT2D eigenvalue weighted by atomic mass is 9.90. The number of hydrogen-bond acceptors (Lipinski definition) is 4. The molecule has 6 heteroatoms. The fraction of sp³-hybridized carbons (Fsp3) is 0.650.